The molecule has 5 heteroatoms. The molecule has 0 radical (unpaired) electrons. The Labute approximate surface area is 134 Å². The quantitative estimate of drug-likeness (QED) is 0.712. The molecule has 0 spiro atoms. The van der Waals surface area contributed by atoms with Gasteiger partial charge in [0.05, 0.1) is 19.8 Å². The third-order valence-corrected chi connectivity index (χ3v) is 3.92. The van der Waals surface area contributed by atoms with Gasteiger partial charge < -0.3 is 9.47 Å². The van der Waals surface area contributed by atoms with Crippen molar-refractivity contribution in [3.05, 3.63) is 56.5 Å². The molecule has 0 heterocycles. The van der Waals surface area contributed by atoms with Gasteiger partial charge in [-0.25, -0.2) is 0 Å². The molecule has 0 amide bonds. The first-order valence-electron chi connectivity index (χ1n) is 5.78. The van der Waals surface area contributed by atoms with Crippen LogP contribution in [0.2, 0.25) is 0 Å². The molecule has 0 unspecified atom stereocenters. The minimum atomic E-state index is -0.113. The Morgan fingerprint density at radius 3 is 2.40 bits per heavy atom. The molecule has 2 rings (SSSR count). The largest absolute Gasteiger partial charge is 0.497 e. The third-order valence-electron chi connectivity index (χ3n) is 2.80. The summed E-state index contributed by atoms with van der Waals surface area (Å²) in [6.45, 7) is 0. The molecule has 0 bridgehead atoms. The fourth-order valence-electron chi connectivity index (χ4n) is 1.83. The van der Waals surface area contributed by atoms with Crippen molar-refractivity contribution < 1.29 is 14.3 Å². The average molecular weight is 400 g/mol. The lowest BCUT2D eigenvalue weighted by Gasteiger charge is -2.12. The summed E-state index contributed by atoms with van der Waals surface area (Å²) >= 11 is 6.77. The Bertz CT molecular complexity index is 654. The van der Waals surface area contributed by atoms with E-state index in [-0.39, 0.29) is 5.78 Å². The topological polar surface area (TPSA) is 35.5 Å². The highest BCUT2D eigenvalue weighted by Gasteiger charge is 2.19. The fourth-order valence-corrected chi connectivity index (χ4v) is 2.83. The smallest absolute Gasteiger partial charge is 0.197 e. The Morgan fingerprint density at radius 2 is 1.80 bits per heavy atom. The molecule has 0 aliphatic carbocycles. The Morgan fingerprint density at radius 1 is 1.05 bits per heavy atom. The second-order valence-electron chi connectivity index (χ2n) is 4.03. The number of halogens is 2. The normalized spacial score (nSPS) is 10.2. The van der Waals surface area contributed by atoms with Crippen molar-refractivity contribution in [2.45, 2.75) is 0 Å². The van der Waals surface area contributed by atoms with Crippen molar-refractivity contribution >= 4 is 37.6 Å². The van der Waals surface area contributed by atoms with E-state index in [0.29, 0.717) is 27.1 Å². The number of carbonyl (C=O) groups is 1. The van der Waals surface area contributed by atoms with Crippen LogP contribution in [0.1, 0.15) is 15.9 Å². The van der Waals surface area contributed by atoms with E-state index in [9.17, 15) is 4.79 Å². The molecular weight excluding hydrogens is 388 g/mol. The van der Waals surface area contributed by atoms with Crippen LogP contribution in [-0.2, 0) is 0 Å². The van der Waals surface area contributed by atoms with Crippen LogP contribution in [0.4, 0.5) is 0 Å². The van der Waals surface area contributed by atoms with Crippen molar-refractivity contribution in [2.24, 2.45) is 0 Å². The van der Waals surface area contributed by atoms with E-state index >= 15 is 0 Å². The zero-order valence-corrected chi connectivity index (χ0v) is 14.1. The molecule has 2 aromatic carbocycles. The minimum Gasteiger partial charge on any atom is -0.497 e. The molecule has 0 saturated carbocycles. The van der Waals surface area contributed by atoms with Gasteiger partial charge in [-0.3, -0.25) is 4.79 Å². The molecule has 104 valence electrons. The summed E-state index contributed by atoms with van der Waals surface area (Å²) in [4.78, 5) is 12.6. The maximum absolute atomic E-state index is 12.6. The number of carbonyl (C=O) groups excluding carboxylic acids is 1. The molecule has 3 nitrogen and oxygen atoms in total. The van der Waals surface area contributed by atoms with Crippen LogP contribution in [0.3, 0.4) is 0 Å². The minimum absolute atomic E-state index is 0.113. The number of hydrogen-bond donors (Lipinski definition) is 0. The fraction of sp³-hybridized carbons (Fsp3) is 0.133. The van der Waals surface area contributed by atoms with Crippen LogP contribution < -0.4 is 9.47 Å². The number of hydrogen-bond acceptors (Lipinski definition) is 3. The van der Waals surface area contributed by atoms with Crippen molar-refractivity contribution in [1.29, 1.82) is 0 Å². The molecule has 0 fully saturated rings. The van der Waals surface area contributed by atoms with E-state index in [2.05, 4.69) is 31.9 Å². The van der Waals surface area contributed by atoms with E-state index in [4.69, 9.17) is 9.47 Å². The van der Waals surface area contributed by atoms with Crippen LogP contribution >= 0.6 is 31.9 Å². The highest BCUT2D eigenvalue weighted by atomic mass is 79.9. The van der Waals surface area contributed by atoms with E-state index in [1.54, 1.807) is 31.4 Å². The van der Waals surface area contributed by atoms with Gasteiger partial charge in [-0.1, -0.05) is 28.1 Å². The summed E-state index contributed by atoms with van der Waals surface area (Å²) in [7, 11) is 3.09. The first-order chi connectivity index (χ1) is 9.56. The predicted octanol–water partition coefficient (Wildman–Crippen LogP) is 4.46. The monoisotopic (exact) mass is 398 g/mol. The summed E-state index contributed by atoms with van der Waals surface area (Å²) in [5, 5.41) is 0. The third kappa shape index (κ3) is 3.04. The highest BCUT2D eigenvalue weighted by molar-refractivity contribution is 9.10. The molecule has 2 aromatic rings. The van der Waals surface area contributed by atoms with Crippen LogP contribution in [0.25, 0.3) is 0 Å². The average Bonchev–Trinajstić information content (AvgIpc) is 2.45. The summed E-state index contributed by atoms with van der Waals surface area (Å²) in [5.74, 6) is 0.985. The maximum Gasteiger partial charge on any atom is 0.197 e. The van der Waals surface area contributed by atoms with E-state index in [1.807, 2.05) is 12.1 Å². The number of ketones is 1. The number of benzene rings is 2. The second-order valence-corrected chi connectivity index (χ2v) is 5.80. The first kappa shape index (κ1) is 15.1. The van der Waals surface area contributed by atoms with Gasteiger partial charge in [-0.05, 0) is 34.1 Å². The van der Waals surface area contributed by atoms with E-state index in [1.165, 1.54) is 7.11 Å². The molecular formula is C15H12Br2O3. The van der Waals surface area contributed by atoms with Crippen molar-refractivity contribution in [3.63, 3.8) is 0 Å². The van der Waals surface area contributed by atoms with Crippen molar-refractivity contribution in [3.8, 4) is 11.5 Å². The van der Waals surface area contributed by atoms with Gasteiger partial charge in [-0.2, -0.15) is 0 Å². The molecule has 0 saturated heterocycles. The molecule has 20 heavy (non-hydrogen) atoms. The lowest BCUT2D eigenvalue weighted by molar-refractivity contribution is 0.103. The Balaban J connectivity index is 2.54. The highest BCUT2D eigenvalue weighted by Crippen LogP contribution is 2.34. The van der Waals surface area contributed by atoms with Gasteiger partial charge in [0.2, 0.25) is 0 Å². The van der Waals surface area contributed by atoms with Gasteiger partial charge in [0.1, 0.15) is 11.5 Å². The zero-order chi connectivity index (χ0) is 14.7. The van der Waals surface area contributed by atoms with Crippen molar-refractivity contribution in [2.75, 3.05) is 14.2 Å². The molecule has 0 atom stereocenters. The summed E-state index contributed by atoms with van der Waals surface area (Å²) in [5.41, 5.74) is 1.06. The van der Waals surface area contributed by atoms with E-state index in [0.717, 1.165) is 4.47 Å². The lowest BCUT2D eigenvalue weighted by Crippen LogP contribution is -2.05. The first-order valence-corrected chi connectivity index (χ1v) is 7.37. The Hall–Kier alpha value is -1.33. The Kier molecular flexibility index (Phi) is 4.83. The summed E-state index contributed by atoms with van der Waals surface area (Å²) < 4.78 is 12.0. The van der Waals surface area contributed by atoms with Crippen LogP contribution in [0.5, 0.6) is 11.5 Å². The molecule has 0 N–H and O–H groups in total. The lowest BCUT2D eigenvalue weighted by atomic mass is 10.0. The number of rotatable bonds is 4. The number of methoxy groups -OCH3 is 2. The van der Waals surface area contributed by atoms with E-state index < -0.39 is 0 Å². The van der Waals surface area contributed by atoms with Crippen molar-refractivity contribution in [1.82, 2.24) is 0 Å². The van der Waals surface area contributed by atoms with Gasteiger partial charge in [-0.15, -0.1) is 0 Å². The summed E-state index contributed by atoms with van der Waals surface area (Å²) in [6, 6.07) is 10.7. The second kappa shape index (κ2) is 6.41. The van der Waals surface area contributed by atoms with Gasteiger partial charge >= 0.3 is 0 Å². The predicted molar refractivity (Wildman–Crippen MR) is 84.8 cm³/mol. The molecule has 0 aromatic heterocycles. The van der Waals surface area contributed by atoms with Gasteiger partial charge in [0.15, 0.2) is 5.78 Å². The summed E-state index contributed by atoms with van der Waals surface area (Å²) in [6.07, 6.45) is 0. The standard InChI is InChI=1S/C15H12Br2O3/c1-19-11-7-12(17)14(13(8-11)20-2)15(18)9-4-3-5-10(16)6-9/h3-8H,1-2H3. The van der Waals surface area contributed by atoms with Crippen LogP contribution in [0.15, 0.2) is 45.3 Å². The zero-order valence-electron chi connectivity index (χ0n) is 10.9. The van der Waals surface area contributed by atoms with Crippen LogP contribution in [0, 0.1) is 0 Å². The maximum atomic E-state index is 12.6. The van der Waals surface area contributed by atoms with Gasteiger partial charge in [0.25, 0.3) is 0 Å². The van der Waals surface area contributed by atoms with Gasteiger partial charge in [0, 0.05) is 20.6 Å². The molecule has 0 aliphatic rings. The molecule has 0 aliphatic heterocycles. The van der Waals surface area contributed by atoms with Crippen LogP contribution in [-0.4, -0.2) is 20.0 Å². The SMILES string of the molecule is COc1cc(Br)c(C(=O)c2cccc(Br)c2)c(OC)c1. The number of ether oxygens (including phenoxy) is 2.